The van der Waals surface area contributed by atoms with Gasteiger partial charge in [0.1, 0.15) is 12.1 Å². The standard InChI is InChI=1S/C15H18N4O4/c1-3-15(10-7-5-4-6-8-10)12(21)19(14(23)18-15)9-11(20)17-13(22)16-2/h4-8H,3,9H2,1-2H3,(H,18,23)(H2,16,17,20,22)/t15-/m1/s1. The topological polar surface area (TPSA) is 108 Å². The van der Waals surface area contributed by atoms with Gasteiger partial charge < -0.3 is 10.6 Å². The summed E-state index contributed by atoms with van der Waals surface area (Å²) in [6, 6.07) is 7.48. The van der Waals surface area contributed by atoms with Gasteiger partial charge in [-0.05, 0) is 12.0 Å². The highest BCUT2D eigenvalue weighted by molar-refractivity contribution is 6.10. The Bertz CT molecular complexity index is 646. The number of carbonyl (C=O) groups excluding carboxylic acids is 4. The van der Waals surface area contributed by atoms with Crippen molar-refractivity contribution in [2.24, 2.45) is 0 Å². The van der Waals surface area contributed by atoms with Gasteiger partial charge in [0, 0.05) is 7.05 Å². The maximum Gasteiger partial charge on any atom is 0.325 e. The normalized spacial score (nSPS) is 20.2. The van der Waals surface area contributed by atoms with Gasteiger partial charge in [-0.3, -0.25) is 19.8 Å². The van der Waals surface area contributed by atoms with E-state index in [1.54, 1.807) is 31.2 Å². The summed E-state index contributed by atoms with van der Waals surface area (Å²) in [6.07, 6.45) is 0.342. The van der Waals surface area contributed by atoms with Crippen molar-refractivity contribution in [3.8, 4) is 0 Å². The minimum atomic E-state index is -1.19. The third-order valence-electron chi connectivity index (χ3n) is 3.75. The van der Waals surface area contributed by atoms with Crippen molar-refractivity contribution >= 4 is 23.9 Å². The Kier molecular flexibility index (Phi) is 4.63. The van der Waals surface area contributed by atoms with Crippen molar-refractivity contribution in [2.75, 3.05) is 13.6 Å². The SMILES string of the molecule is CC[C@]1(c2ccccc2)NC(=O)N(CC(=O)NC(=O)NC)C1=O. The molecule has 0 saturated carbocycles. The summed E-state index contributed by atoms with van der Waals surface area (Å²) < 4.78 is 0. The molecule has 1 aliphatic heterocycles. The van der Waals surface area contributed by atoms with Gasteiger partial charge in [-0.15, -0.1) is 0 Å². The minimum Gasteiger partial charge on any atom is -0.341 e. The molecule has 2 rings (SSSR count). The Morgan fingerprint density at radius 3 is 2.43 bits per heavy atom. The van der Waals surface area contributed by atoms with E-state index in [0.717, 1.165) is 4.90 Å². The summed E-state index contributed by atoms with van der Waals surface area (Å²) in [5, 5.41) is 6.90. The molecule has 0 bridgehead atoms. The van der Waals surface area contributed by atoms with E-state index >= 15 is 0 Å². The number of carbonyl (C=O) groups is 4. The predicted octanol–water partition coefficient (Wildman–Crippen LogP) is 0.299. The molecule has 0 spiro atoms. The summed E-state index contributed by atoms with van der Waals surface area (Å²) in [4.78, 5) is 48.5. The second-order valence-corrected chi connectivity index (χ2v) is 5.07. The van der Waals surface area contributed by atoms with Crippen molar-refractivity contribution < 1.29 is 19.2 Å². The molecule has 8 nitrogen and oxygen atoms in total. The maximum absolute atomic E-state index is 12.7. The van der Waals surface area contributed by atoms with Crippen LogP contribution < -0.4 is 16.0 Å². The first kappa shape index (κ1) is 16.5. The average Bonchev–Trinajstić information content (AvgIpc) is 2.80. The van der Waals surface area contributed by atoms with E-state index in [1.165, 1.54) is 7.05 Å². The number of nitrogens with zero attached hydrogens (tertiary/aromatic N) is 1. The van der Waals surface area contributed by atoms with Crippen molar-refractivity contribution in [3.63, 3.8) is 0 Å². The van der Waals surface area contributed by atoms with Gasteiger partial charge in [0.2, 0.25) is 5.91 Å². The molecule has 122 valence electrons. The van der Waals surface area contributed by atoms with Crippen LogP contribution in [-0.2, 0) is 15.1 Å². The van der Waals surface area contributed by atoms with Crippen LogP contribution in [0.2, 0.25) is 0 Å². The second kappa shape index (κ2) is 6.47. The lowest BCUT2D eigenvalue weighted by Gasteiger charge is -2.25. The molecule has 8 heteroatoms. The number of imide groups is 2. The van der Waals surface area contributed by atoms with E-state index in [4.69, 9.17) is 0 Å². The zero-order valence-corrected chi connectivity index (χ0v) is 12.9. The molecule has 1 aromatic rings. The minimum absolute atomic E-state index is 0.342. The molecule has 0 aromatic heterocycles. The van der Waals surface area contributed by atoms with Gasteiger partial charge in [-0.25, -0.2) is 9.59 Å². The number of rotatable bonds is 4. The third-order valence-corrected chi connectivity index (χ3v) is 3.75. The molecule has 1 saturated heterocycles. The van der Waals surface area contributed by atoms with Gasteiger partial charge in [-0.1, -0.05) is 37.3 Å². The monoisotopic (exact) mass is 318 g/mol. The molecule has 6 amide bonds. The van der Waals surface area contributed by atoms with E-state index in [0.29, 0.717) is 12.0 Å². The summed E-state index contributed by atoms with van der Waals surface area (Å²) in [5.74, 6) is -1.25. The van der Waals surface area contributed by atoms with E-state index in [2.05, 4.69) is 10.6 Å². The third kappa shape index (κ3) is 3.01. The highest BCUT2D eigenvalue weighted by Crippen LogP contribution is 2.32. The fraction of sp³-hybridized carbons (Fsp3) is 0.333. The summed E-state index contributed by atoms with van der Waals surface area (Å²) >= 11 is 0. The highest BCUT2D eigenvalue weighted by atomic mass is 16.2. The van der Waals surface area contributed by atoms with Gasteiger partial charge in [-0.2, -0.15) is 0 Å². The average molecular weight is 318 g/mol. The fourth-order valence-corrected chi connectivity index (χ4v) is 2.50. The van der Waals surface area contributed by atoms with Crippen LogP contribution >= 0.6 is 0 Å². The maximum atomic E-state index is 12.7. The van der Waals surface area contributed by atoms with Crippen molar-refractivity contribution in [2.45, 2.75) is 18.9 Å². The number of benzene rings is 1. The van der Waals surface area contributed by atoms with Crippen LogP contribution in [0.25, 0.3) is 0 Å². The predicted molar refractivity (Wildman–Crippen MR) is 81.3 cm³/mol. The Labute approximate surface area is 133 Å². The zero-order chi connectivity index (χ0) is 17.0. The van der Waals surface area contributed by atoms with Gasteiger partial charge in [0.05, 0.1) is 0 Å². The Hall–Kier alpha value is -2.90. The van der Waals surface area contributed by atoms with Crippen LogP contribution in [0.3, 0.4) is 0 Å². The molecule has 0 unspecified atom stereocenters. The largest absolute Gasteiger partial charge is 0.341 e. The van der Waals surface area contributed by atoms with Crippen LogP contribution in [0, 0.1) is 0 Å². The van der Waals surface area contributed by atoms with E-state index in [9.17, 15) is 19.2 Å². The van der Waals surface area contributed by atoms with Crippen LogP contribution in [0.4, 0.5) is 9.59 Å². The first-order valence-corrected chi connectivity index (χ1v) is 7.15. The van der Waals surface area contributed by atoms with Gasteiger partial charge >= 0.3 is 12.1 Å². The highest BCUT2D eigenvalue weighted by Gasteiger charge is 2.51. The molecule has 1 aliphatic rings. The summed E-state index contributed by atoms with van der Waals surface area (Å²) in [6.45, 7) is 1.26. The lowest BCUT2D eigenvalue weighted by Crippen LogP contribution is -2.46. The van der Waals surface area contributed by atoms with E-state index in [-0.39, 0.29) is 0 Å². The Balaban J connectivity index is 2.22. The Morgan fingerprint density at radius 2 is 1.87 bits per heavy atom. The molecular formula is C15H18N4O4. The smallest absolute Gasteiger partial charge is 0.325 e. The molecule has 0 radical (unpaired) electrons. The molecular weight excluding hydrogens is 300 g/mol. The number of amides is 6. The number of hydrogen-bond acceptors (Lipinski definition) is 4. The van der Waals surface area contributed by atoms with Crippen molar-refractivity contribution in [1.29, 1.82) is 0 Å². The number of nitrogens with one attached hydrogen (secondary N) is 3. The van der Waals surface area contributed by atoms with Crippen LogP contribution in [-0.4, -0.2) is 42.4 Å². The molecule has 1 atom stereocenters. The second-order valence-electron chi connectivity index (χ2n) is 5.07. The first-order valence-electron chi connectivity index (χ1n) is 7.15. The molecule has 0 aliphatic carbocycles. The molecule has 1 fully saturated rings. The fourth-order valence-electron chi connectivity index (χ4n) is 2.50. The molecule has 1 heterocycles. The lowest BCUT2D eigenvalue weighted by molar-refractivity contribution is -0.135. The zero-order valence-electron chi connectivity index (χ0n) is 12.9. The van der Waals surface area contributed by atoms with Crippen molar-refractivity contribution in [1.82, 2.24) is 20.9 Å². The molecule has 1 aromatic carbocycles. The van der Waals surface area contributed by atoms with Crippen LogP contribution in [0.1, 0.15) is 18.9 Å². The quantitative estimate of drug-likeness (QED) is 0.694. The van der Waals surface area contributed by atoms with Crippen LogP contribution in [0.5, 0.6) is 0 Å². The lowest BCUT2D eigenvalue weighted by atomic mass is 9.87. The number of urea groups is 2. The number of hydrogen-bond donors (Lipinski definition) is 3. The van der Waals surface area contributed by atoms with Crippen LogP contribution in [0.15, 0.2) is 30.3 Å². The summed E-state index contributed by atoms with van der Waals surface area (Å²) in [5.41, 5.74) is -0.541. The van der Waals surface area contributed by atoms with Gasteiger partial charge in [0.25, 0.3) is 5.91 Å². The molecule has 3 N–H and O–H groups in total. The first-order chi connectivity index (χ1) is 10.9. The Morgan fingerprint density at radius 1 is 1.22 bits per heavy atom. The van der Waals surface area contributed by atoms with E-state index in [1.807, 2.05) is 11.4 Å². The van der Waals surface area contributed by atoms with Gasteiger partial charge in [0.15, 0.2) is 0 Å². The summed E-state index contributed by atoms with van der Waals surface area (Å²) in [7, 11) is 1.36. The van der Waals surface area contributed by atoms with Crippen molar-refractivity contribution in [3.05, 3.63) is 35.9 Å². The van der Waals surface area contributed by atoms with E-state index < -0.39 is 36.0 Å². The molecule has 23 heavy (non-hydrogen) atoms.